The van der Waals surface area contributed by atoms with E-state index in [-0.39, 0.29) is 0 Å². The fourth-order valence-electron chi connectivity index (χ4n) is 2.30. The second kappa shape index (κ2) is 6.95. The molecule has 0 radical (unpaired) electrons. The van der Waals surface area contributed by atoms with Crippen LogP contribution >= 0.6 is 34.6 Å². The van der Waals surface area contributed by atoms with Gasteiger partial charge in [-0.05, 0) is 18.5 Å². The second-order valence-corrected chi connectivity index (χ2v) is 7.96. The minimum atomic E-state index is 0.571. The van der Waals surface area contributed by atoms with E-state index in [0.29, 0.717) is 5.82 Å². The van der Waals surface area contributed by atoms with Crippen LogP contribution in [-0.2, 0) is 0 Å². The number of nitrogens with zero attached hydrogens (tertiary/aromatic N) is 3. The lowest BCUT2D eigenvalue weighted by atomic mass is 10.2. The highest BCUT2D eigenvalue weighted by molar-refractivity contribution is 7.99. The molecule has 1 aliphatic heterocycles. The van der Waals surface area contributed by atoms with E-state index in [4.69, 9.17) is 5.73 Å². The molecule has 1 saturated heterocycles. The van der Waals surface area contributed by atoms with Crippen molar-refractivity contribution < 1.29 is 0 Å². The molecule has 0 aliphatic carbocycles. The first-order valence-electron chi connectivity index (χ1n) is 6.95. The molecule has 3 rings (SSSR count). The first-order chi connectivity index (χ1) is 10.2. The maximum absolute atomic E-state index is 6.01. The Hall–Kier alpha value is -0.830. The molecule has 0 bridgehead atoms. The predicted octanol–water partition coefficient (Wildman–Crippen LogP) is 2.62. The van der Waals surface area contributed by atoms with Gasteiger partial charge in [0, 0.05) is 43.1 Å². The van der Waals surface area contributed by atoms with Gasteiger partial charge in [-0.3, -0.25) is 4.90 Å². The van der Waals surface area contributed by atoms with E-state index in [2.05, 4.69) is 19.6 Å². The van der Waals surface area contributed by atoms with Gasteiger partial charge < -0.3 is 11.1 Å². The molecular formula is C13H19N5S3. The van der Waals surface area contributed by atoms with Crippen molar-refractivity contribution in [1.82, 2.24) is 14.3 Å². The van der Waals surface area contributed by atoms with Gasteiger partial charge in [0.15, 0.2) is 0 Å². The van der Waals surface area contributed by atoms with Crippen molar-refractivity contribution in [3.05, 3.63) is 10.4 Å². The first-order valence-corrected chi connectivity index (χ1v) is 9.76. The van der Waals surface area contributed by atoms with Crippen molar-refractivity contribution in [3.63, 3.8) is 0 Å². The molecule has 1 aliphatic rings. The molecule has 3 N–H and O–H groups in total. The maximum Gasteiger partial charge on any atom is 0.148 e. The third kappa shape index (κ3) is 3.68. The monoisotopic (exact) mass is 341 g/mol. The van der Waals surface area contributed by atoms with E-state index >= 15 is 0 Å². The van der Waals surface area contributed by atoms with Gasteiger partial charge in [0.25, 0.3) is 0 Å². The molecule has 0 spiro atoms. The standard InChI is InChI=1S/C13H19N5S3/c1-9-16-10(8-20-9)11-12(14)17-21-13(11)15-2-3-18-4-6-19-7-5-18/h8,15H,2-7H2,1H3,(H2,14,17). The summed E-state index contributed by atoms with van der Waals surface area (Å²) in [5, 5.41) is 7.61. The molecule has 114 valence electrons. The van der Waals surface area contributed by atoms with Crippen molar-refractivity contribution in [2.24, 2.45) is 0 Å². The van der Waals surface area contributed by atoms with Gasteiger partial charge in [-0.15, -0.1) is 11.3 Å². The van der Waals surface area contributed by atoms with Crippen LogP contribution in [0.2, 0.25) is 0 Å². The number of thiazole rings is 1. The van der Waals surface area contributed by atoms with E-state index < -0.39 is 0 Å². The highest BCUT2D eigenvalue weighted by Gasteiger charge is 2.16. The molecule has 0 atom stereocenters. The van der Waals surface area contributed by atoms with Crippen molar-refractivity contribution in [2.45, 2.75) is 6.92 Å². The summed E-state index contributed by atoms with van der Waals surface area (Å²) in [4.78, 5) is 7.03. The van der Waals surface area contributed by atoms with Crippen molar-refractivity contribution >= 4 is 45.5 Å². The van der Waals surface area contributed by atoms with Gasteiger partial charge in [0.1, 0.15) is 10.8 Å². The summed E-state index contributed by atoms with van der Waals surface area (Å²) in [6, 6.07) is 0. The van der Waals surface area contributed by atoms with E-state index in [9.17, 15) is 0 Å². The first kappa shape index (κ1) is 15.1. The molecule has 0 aromatic carbocycles. The Labute approximate surface area is 137 Å². The molecular weight excluding hydrogens is 322 g/mol. The zero-order chi connectivity index (χ0) is 14.7. The molecule has 0 unspecified atom stereocenters. The zero-order valence-corrected chi connectivity index (χ0v) is 14.4. The molecule has 0 saturated carbocycles. The second-order valence-electron chi connectivity index (χ2n) is 4.90. The average molecular weight is 342 g/mol. The summed E-state index contributed by atoms with van der Waals surface area (Å²) in [6.07, 6.45) is 0. The third-order valence-electron chi connectivity index (χ3n) is 3.41. The molecule has 1 fully saturated rings. The van der Waals surface area contributed by atoms with Gasteiger partial charge in [-0.1, -0.05) is 0 Å². The van der Waals surface area contributed by atoms with Gasteiger partial charge >= 0.3 is 0 Å². The lowest BCUT2D eigenvalue weighted by Crippen LogP contribution is -2.36. The van der Waals surface area contributed by atoms with Gasteiger partial charge in [-0.25, -0.2) is 4.98 Å². The van der Waals surface area contributed by atoms with Crippen molar-refractivity contribution in [3.8, 4) is 11.3 Å². The Morgan fingerprint density at radius 2 is 2.19 bits per heavy atom. The minimum absolute atomic E-state index is 0.571. The predicted molar refractivity (Wildman–Crippen MR) is 94.6 cm³/mol. The van der Waals surface area contributed by atoms with Crippen LogP contribution in [0.15, 0.2) is 5.38 Å². The van der Waals surface area contributed by atoms with Gasteiger partial charge in [0.2, 0.25) is 0 Å². The largest absolute Gasteiger partial charge is 0.382 e. The number of nitrogen functional groups attached to an aromatic ring is 1. The van der Waals surface area contributed by atoms with Crippen LogP contribution < -0.4 is 11.1 Å². The van der Waals surface area contributed by atoms with Crippen molar-refractivity contribution in [1.29, 1.82) is 0 Å². The minimum Gasteiger partial charge on any atom is -0.382 e. The fourth-order valence-corrected chi connectivity index (χ4v) is 4.63. The average Bonchev–Trinajstić information content (AvgIpc) is 3.06. The van der Waals surface area contributed by atoms with E-state index in [0.717, 1.165) is 34.4 Å². The molecule has 21 heavy (non-hydrogen) atoms. The summed E-state index contributed by atoms with van der Waals surface area (Å²) < 4.78 is 4.27. The lowest BCUT2D eigenvalue weighted by Gasteiger charge is -2.26. The number of nitrogens with one attached hydrogen (secondary N) is 1. The normalized spacial score (nSPS) is 16.2. The summed E-state index contributed by atoms with van der Waals surface area (Å²) in [5.41, 5.74) is 7.90. The van der Waals surface area contributed by atoms with Gasteiger partial charge in [0.05, 0.1) is 16.3 Å². The summed E-state index contributed by atoms with van der Waals surface area (Å²) >= 11 is 5.10. The van der Waals surface area contributed by atoms with Crippen LogP contribution in [0.1, 0.15) is 5.01 Å². The summed E-state index contributed by atoms with van der Waals surface area (Å²) in [6.45, 7) is 6.37. The molecule has 5 nitrogen and oxygen atoms in total. The molecule has 8 heteroatoms. The topological polar surface area (TPSA) is 67.1 Å². The van der Waals surface area contributed by atoms with Crippen LogP contribution in [-0.4, -0.2) is 51.9 Å². The molecule has 3 heterocycles. The Balaban J connectivity index is 1.63. The Morgan fingerprint density at radius 3 is 2.90 bits per heavy atom. The fraction of sp³-hybridized carbons (Fsp3) is 0.538. The number of anilines is 2. The smallest absolute Gasteiger partial charge is 0.148 e. The molecule has 2 aromatic heterocycles. The Morgan fingerprint density at radius 1 is 1.38 bits per heavy atom. The lowest BCUT2D eigenvalue weighted by molar-refractivity contribution is 0.314. The quantitative estimate of drug-likeness (QED) is 0.871. The number of aromatic nitrogens is 2. The molecule has 2 aromatic rings. The van der Waals surface area contributed by atoms with E-state index in [1.165, 1.54) is 36.1 Å². The summed E-state index contributed by atoms with van der Waals surface area (Å²) in [5.74, 6) is 3.07. The summed E-state index contributed by atoms with van der Waals surface area (Å²) in [7, 11) is 0. The number of nitrogens with two attached hydrogens (primary N) is 1. The van der Waals surface area contributed by atoms with E-state index in [1.54, 1.807) is 11.3 Å². The number of hydrogen-bond acceptors (Lipinski definition) is 8. The van der Waals surface area contributed by atoms with Crippen LogP contribution in [0, 0.1) is 6.92 Å². The molecule has 0 amide bonds. The third-order valence-corrected chi connectivity index (χ3v) is 5.95. The number of rotatable bonds is 5. The SMILES string of the molecule is Cc1nc(-c2c(N)nsc2NCCN2CCSCC2)cs1. The van der Waals surface area contributed by atoms with Crippen LogP contribution in [0.4, 0.5) is 10.8 Å². The van der Waals surface area contributed by atoms with Crippen LogP contribution in [0.25, 0.3) is 11.3 Å². The van der Waals surface area contributed by atoms with E-state index in [1.807, 2.05) is 24.1 Å². The van der Waals surface area contributed by atoms with Crippen molar-refractivity contribution in [2.75, 3.05) is 48.7 Å². The van der Waals surface area contributed by atoms with Crippen LogP contribution in [0.5, 0.6) is 0 Å². The number of thioether (sulfide) groups is 1. The highest BCUT2D eigenvalue weighted by atomic mass is 32.2. The van der Waals surface area contributed by atoms with Gasteiger partial charge in [-0.2, -0.15) is 16.1 Å². The number of aryl methyl sites for hydroxylation is 1. The zero-order valence-electron chi connectivity index (χ0n) is 12.0. The maximum atomic E-state index is 6.01. The van der Waals surface area contributed by atoms with Crippen LogP contribution in [0.3, 0.4) is 0 Å². The highest BCUT2D eigenvalue weighted by Crippen LogP contribution is 2.36. The number of hydrogen-bond donors (Lipinski definition) is 2. The Bertz CT molecular complexity index is 588. The Kier molecular flexibility index (Phi) is 4.99.